The van der Waals surface area contributed by atoms with Crippen LogP contribution in [0.2, 0.25) is 0 Å². The number of carbonyl (C=O) groups excluding carboxylic acids is 1. The van der Waals surface area contributed by atoms with Crippen molar-refractivity contribution in [2.45, 2.75) is 12.3 Å². The number of piperidine rings is 1. The van der Waals surface area contributed by atoms with Crippen LogP contribution in [0, 0.1) is 11.8 Å². The minimum absolute atomic E-state index is 0. The number of hydrogen-bond donors (Lipinski definition) is 1. The van der Waals surface area contributed by atoms with E-state index < -0.39 is 23.7 Å². The van der Waals surface area contributed by atoms with Gasteiger partial charge in [-0.1, -0.05) is 12.1 Å². The zero-order valence-corrected chi connectivity index (χ0v) is 19.4. The summed E-state index contributed by atoms with van der Waals surface area (Å²) in [6.07, 6.45) is 0.746. The van der Waals surface area contributed by atoms with E-state index in [1.807, 2.05) is 12.1 Å². The van der Waals surface area contributed by atoms with Gasteiger partial charge in [0.25, 0.3) is 11.8 Å². The van der Waals surface area contributed by atoms with Crippen molar-refractivity contribution in [3.63, 3.8) is 0 Å². The monoisotopic (exact) mass is 484 g/mol. The molecule has 2 fully saturated rings. The molecule has 2 unspecified atom stereocenters. The molecule has 10 heteroatoms. The van der Waals surface area contributed by atoms with Gasteiger partial charge in [-0.25, -0.2) is 8.78 Å². The maximum absolute atomic E-state index is 13.6. The first kappa shape index (κ1) is 24.9. The van der Waals surface area contributed by atoms with Crippen LogP contribution in [-0.2, 0) is 6.42 Å². The first-order valence-corrected chi connectivity index (χ1v) is 10.3. The fraction of sp³-hybridized carbons (Fsp3) is 0.435. The summed E-state index contributed by atoms with van der Waals surface area (Å²) in [6.45, 7) is 0.554. The predicted molar refractivity (Wildman–Crippen MR) is 120 cm³/mol. The van der Waals surface area contributed by atoms with Crippen LogP contribution in [0.1, 0.15) is 15.9 Å². The van der Waals surface area contributed by atoms with E-state index in [1.165, 1.54) is 32.3 Å². The quantitative estimate of drug-likeness (QED) is 0.614. The van der Waals surface area contributed by atoms with E-state index >= 15 is 0 Å². The van der Waals surface area contributed by atoms with Crippen molar-refractivity contribution in [2.75, 3.05) is 41.0 Å². The van der Waals surface area contributed by atoms with Crippen molar-refractivity contribution in [1.82, 2.24) is 4.90 Å². The molecular formula is C23H27ClF2N2O5. The van der Waals surface area contributed by atoms with Gasteiger partial charge in [0, 0.05) is 19.2 Å². The summed E-state index contributed by atoms with van der Waals surface area (Å²) in [6, 6.07) is 8.88. The van der Waals surface area contributed by atoms with Crippen LogP contribution in [-0.4, -0.2) is 57.7 Å². The number of ether oxygens (including phenoxy) is 4. The molecule has 0 aromatic heterocycles. The van der Waals surface area contributed by atoms with Crippen molar-refractivity contribution < 1.29 is 32.5 Å². The number of halogens is 3. The van der Waals surface area contributed by atoms with Crippen molar-refractivity contribution in [3.8, 4) is 28.7 Å². The second kappa shape index (κ2) is 9.61. The van der Waals surface area contributed by atoms with E-state index in [9.17, 15) is 13.6 Å². The molecule has 2 aromatic rings. The highest BCUT2D eigenvalue weighted by molar-refractivity contribution is 5.99. The Morgan fingerprint density at radius 2 is 1.61 bits per heavy atom. The Morgan fingerprint density at radius 1 is 1.03 bits per heavy atom. The van der Waals surface area contributed by atoms with Crippen LogP contribution < -0.4 is 24.7 Å². The Kier molecular flexibility index (Phi) is 7.23. The average Bonchev–Trinajstić information content (AvgIpc) is 3.12. The Bertz CT molecular complexity index is 1000. The molecule has 2 atom stereocenters. The summed E-state index contributed by atoms with van der Waals surface area (Å²) in [4.78, 5) is 14.6. The topological polar surface area (TPSA) is 83.3 Å². The van der Waals surface area contributed by atoms with Gasteiger partial charge in [0.15, 0.2) is 11.5 Å². The summed E-state index contributed by atoms with van der Waals surface area (Å²) >= 11 is 0. The molecule has 1 aliphatic carbocycles. The molecule has 1 saturated heterocycles. The standard InChI is InChI=1S/C23H26F2N2O5.ClH/c1-29-19-15(22(28)27-11-16-17(12-27)23(16,24)25)10-18(20(30-2)21(19)31-3)32-14-6-4-13(5-7-14)8-9-26;/h4-7,10,16-17H,8-9,11-12,26H2,1-3H3;1H. The first-order chi connectivity index (χ1) is 15.3. The molecule has 33 heavy (non-hydrogen) atoms. The van der Waals surface area contributed by atoms with Crippen molar-refractivity contribution in [1.29, 1.82) is 0 Å². The van der Waals surface area contributed by atoms with Crippen molar-refractivity contribution in [3.05, 3.63) is 41.5 Å². The Labute approximate surface area is 197 Å². The highest BCUT2D eigenvalue weighted by Gasteiger charge is 2.72. The number of carbonyl (C=O) groups is 1. The maximum atomic E-state index is 13.6. The van der Waals surface area contributed by atoms with E-state index in [2.05, 4.69) is 0 Å². The lowest BCUT2D eigenvalue weighted by Crippen LogP contribution is -2.33. The number of nitrogens with zero attached hydrogens (tertiary/aromatic N) is 1. The number of rotatable bonds is 8. The molecule has 1 aliphatic heterocycles. The highest BCUT2D eigenvalue weighted by Crippen LogP contribution is 2.59. The molecule has 0 bridgehead atoms. The Hall–Kier alpha value is -2.78. The van der Waals surface area contributed by atoms with Gasteiger partial charge < -0.3 is 29.6 Å². The molecule has 1 heterocycles. The number of hydrogen-bond acceptors (Lipinski definition) is 6. The minimum atomic E-state index is -2.68. The maximum Gasteiger partial charge on any atom is 0.258 e. The molecule has 0 spiro atoms. The average molecular weight is 485 g/mol. The molecule has 2 N–H and O–H groups in total. The Morgan fingerprint density at radius 3 is 2.12 bits per heavy atom. The molecular weight excluding hydrogens is 458 g/mol. The molecule has 4 rings (SSSR count). The third-order valence-electron chi connectivity index (χ3n) is 6.07. The second-order valence-electron chi connectivity index (χ2n) is 7.90. The number of benzene rings is 2. The van der Waals surface area contributed by atoms with Crippen molar-refractivity contribution >= 4 is 18.3 Å². The fourth-order valence-corrected chi connectivity index (χ4v) is 4.28. The zero-order chi connectivity index (χ0) is 23.0. The number of nitrogens with two attached hydrogens (primary N) is 1. The van der Waals surface area contributed by atoms with Gasteiger partial charge >= 0.3 is 0 Å². The molecule has 2 aliphatic rings. The van der Waals surface area contributed by atoms with Crippen LogP contribution in [0.3, 0.4) is 0 Å². The third-order valence-corrected chi connectivity index (χ3v) is 6.07. The molecule has 1 saturated carbocycles. The second-order valence-corrected chi connectivity index (χ2v) is 7.90. The van der Waals surface area contributed by atoms with E-state index in [0.29, 0.717) is 12.3 Å². The minimum Gasteiger partial charge on any atom is -0.492 e. The molecule has 0 radical (unpaired) electrons. The molecule has 7 nitrogen and oxygen atoms in total. The van der Waals surface area contributed by atoms with E-state index in [1.54, 1.807) is 12.1 Å². The van der Waals surface area contributed by atoms with Gasteiger partial charge in [0.1, 0.15) is 5.75 Å². The van der Waals surface area contributed by atoms with Gasteiger partial charge in [-0.2, -0.15) is 0 Å². The first-order valence-electron chi connectivity index (χ1n) is 10.3. The van der Waals surface area contributed by atoms with Crippen LogP contribution in [0.25, 0.3) is 0 Å². The summed E-state index contributed by atoms with van der Waals surface area (Å²) in [7, 11) is 4.28. The zero-order valence-electron chi connectivity index (χ0n) is 18.6. The lowest BCUT2D eigenvalue weighted by Gasteiger charge is -2.23. The van der Waals surface area contributed by atoms with Gasteiger partial charge in [0.2, 0.25) is 11.5 Å². The summed E-state index contributed by atoms with van der Waals surface area (Å²) < 4.78 is 49.6. The summed E-state index contributed by atoms with van der Waals surface area (Å²) in [5.41, 5.74) is 6.82. The largest absolute Gasteiger partial charge is 0.492 e. The van der Waals surface area contributed by atoms with E-state index in [0.717, 1.165) is 12.0 Å². The number of methoxy groups -OCH3 is 3. The number of likely N-dealkylation sites (tertiary alicyclic amines) is 1. The molecule has 2 aromatic carbocycles. The van der Waals surface area contributed by atoms with Crippen LogP contribution in [0.5, 0.6) is 28.7 Å². The predicted octanol–water partition coefficient (Wildman–Crippen LogP) is 3.76. The molecule has 1 amide bonds. The normalized spacial score (nSPS) is 19.9. The van der Waals surface area contributed by atoms with Gasteiger partial charge in [-0.05, 0) is 30.7 Å². The highest BCUT2D eigenvalue weighted by atomic mass is 35.5. The Balaban J connectivity index is 0.00000306. The van der Waals surface area contributed by atoms with Gasteiger partial charge in [-0.15, -0.1) is 12.4 Å². The van der Waals surface area contributed by atoms with Crippen LogP contribution in [0.4, 0.5) is 8.78 Å². The smallest absolute Gasteiger partial charge is 0.258 e. The fourth-order valence-electron chi connectivity index (χ4n) is 4.28. The van der Waals surface area contributed by atoms with Crippen molar-refractivity contribution in [2.24, 2.45) is 17.6 Å². The van der Waals surface area contributed by atoms with Gasteiger partial charge in [0.05, 0.1) is 38.7 Å². The van der Waals surface area contributed by atoms with Crippen LogP contribution in [0.15, 0.2) is 30.3 Å². The summed E-state index contributed by atoms with van der Waals surface area (Å²) in [5.74, 6) is -3.29. The summed E-state index contributed by atoms with van der Waals surface area (Å²) in [5, 5.41) is 0. The number of amides is 1. The van der Waals surface area contributed by atoms with E-state index in [4.69, 9.17) is 24.7 Å². The molecule has 180 valence electrons. The lowest BCUT2D eigenvalue weighted by atomic mass is 10.1. The number of fused-ring (bicyclic) bond motifs is 1. The van der Waals surface area contributed by atoms with Gasteiger partial charge in [-0.3, -0.25) is 4.79 Å². The third kappa shape index (κ3) is 4.39. The lowest BCUT2D eigenvalue weighted by molar-refractivity contribution is 0.0456. The van der Waals surface area contributed by atoms with Crippen LogP contribution >= 0.6 is 12.4 Å². The van der Waals surface area contributed by atoms with E-state index in [-0.39, 0.29) is 54.1 Å². The number of alkyl halides is 2. The SMILES string of the molecule is COc1c(Oc2ccc(CCN)cc2)cc(C(=O)N2CC3C(C2)C3(F)F)c(OC)c1OC.Cl.